The van der Waals surface area contributed by atoms with E-state index < -0.39 is 0 Å². The number of nitrogens with zero attached hydrogens (tertiary/aromatic N) is 6. The number of imidazole rings is 1. The number of aliphatic hydroxyl groups excluding tert-OH is 1. The van der Waals surface area contributed by atoms with Crippen molar-refractivity contribution in [2.24, 2.45) is 0 Å². The number of aliphatic hydroxyl groups is 1. The van der Waals surface area contributed by atoms with Crippen LogP contribution in [0.2, 0.25) is 0 Å². The standard InChI is InChI=1S/C23H26N6O2/c1-3-26-6-8-27(9-7-26)19-4-5-21-25-20(11-22(31)29(21)14-19)17-10-18(15-30)23-24-16(2)12-28(23)13-17/h4-5,10-14,30H,3,6-9,15H2,1-2H3. The van der Waals surface area contributed by atoms with Gasteiger partial charge < -0.3 is 19.3 Å². The quantitative estimate of drug-likeness (QED) is 0.546. The highest BCUT2D eigenvalue weighted by molar-refractivity contribution is 5.66. The maximum atomic E-state index is 13.0. The Labute approximate surface area is 180 Å². The van der Waals surface area contributed by atoms with Gasteiger partial charge >= 0.3 is 0 Å². The van der Waals surface area contributed by atoms with Crippen molar-refractivity contribution in [2.45, 2.75) is 20.5 Å². The molecule has 5 rings (SSSR count). The normalized spacial score (nSPS) is 15.3. The third-order valence-electron chi connectivity index (χ3n) is 6.04. The minimum absolute atomic E-state index is 0.124. The summed E-state index contributed by atoms with van der Waals surface area (Å²) in [6.45, 7) is 9.00. The van der Waals surface area contributed by atoms with Gasteiger partial charge in [-0.2, -0.15) is 0 Å². The lowest BCUT2D eigenvalue weighted by atomic mass is 10.1. The van der Waals surface area contributed by atoms with Crippen LogP contribution in [-0.4, -0.2) is 61.5 Å². The third-order valence-corrected chi connectivity index (χ3v) is 6.04. The zero-order chi connectivity index (χ0) is 21.5. The summed E-state index contributed by atoms with van der Waals surface area (Å²) < 4.78 is 3.48. The van der Waals surface area contributed by atoms with E-state index >= 15 is 0 Å². The summed E-state index contributed by atoms with van der Waals surface area (Å²) in [6, 6.07) is 7.34. The maximum absolute atomic E-state index is 13.0. The van der Waals surface area contributed by atoms with Crippen molar-refractivity contribution < 1.29 is 5.11 Å². The Bertz CT molecular complexity index is 1320. The molecule has 1 saturated heterocycles. The molecule has 1 aliphatic rings. The Morgan fingerprint density at radius 3 is 2.58 bits per heavy atom. The number of aryl methyl sites for hydroxylation is 1. The number of likely N-dealkylation sites (N-methyl/N-ethyl adjacent to an activating group) is 1. The molecule has 31 heavy (non-hydrogen) atoms. The predicted octanol–water partition coefficient (Wildman–Crippen LogP) is 1.95. The lowest BCUT2D eigenvalue weighted by Gasteiger charge is -2.35. The van der Waals surface area contributed by atoms with Gasteiger partial charge in [0.25, 0.3) is 5.56 Å². The molecule has 0 aliphatic carbocycles. The molecule has 0 unspecified atom stereocenters. The molecule has 1 fully saturated rings. The molecular weight excluding hydrogens is 392 g/mol. The average Bonchev–Trinajstić information content (AvgIpc) is 3.18. The average molecular weight is 419 g/mol. The van der Waals surface area contributed by atoms with Gasteiger partial charge in [0.2, 0.25) is 0 Å². The summed E-state index contributed by atoms with van der Waals surface area (Å²) in [7, 11) is 0. The van der Waals surface area contributed by atoms with Crippen molar-refractivity contribution in [1.82, 2.24) is 23.7 Å². The fourth-order valence-electron chi connectivity index (χ4n) is 4.30. The van der Waals surface area contributed by atoms with Crippen LogP contribution in [0.25, 0.3) is 22.6 Å². The minimum Gasteiger partial charge on any atom is -0.392 e. The zero-order valence-corrected chi connectivity index (χ0v) is 17.8. The van der Waals surface area contributed by atoms with E-state index in [9.17, 15) is 9.90 Å². The van der Waals surface area contributed by atoms with Gasteiger partial charge in [0.15, 0.2) is 0 Å². The SMILES string of the molecule is CCN1CCN(c2ccc3nc(-c4cc(CO)c5nc(C)cn5c4)cc(=O)n3c2)CC1. The van der Waals surface area contributed by atoms with E-state index in [4.69, 9.17) is 4.98 Å². The summed E-state index contributed by atoms with van der Waals surface area (Å²) >= 11 is 0. The number of fused-ring (bicyclic) bond motifs is 2. The summed E-state index contributed by atoms with van der Waals surface area (Å²) in [6.07, 6.45) is 5.68. The topological polar surface area (TPSA) is 78.4 Å². The molecule has 1 aliphatic heterocycles. The highest BCUT2D eigenvalue weighted by Crippen LogP contribution is 2.23. The van der Waals surface area contributed by atoms with Gasteiger partial charge in [-0.1, -0.05) is 6.92 Å². The number of rotatable bonds is 4. The molecule has 0 aromatic carbocycles. The first-order valence-corrected chi connectivity index (χ1v) is 10.7. The number of aromatic nitrogens is 4. The number of piperazine rings is 1. The predicted molar refractivity (Wildman–Crippen MR) is 121 cm³/mol. The van der Waals surface area contributed by atoms with Gasteiger partial charge in [0.05, 0.1) is 23.7 Å². The Morgan fingerprint density at radius 2 is 1.84 bits per heavy atom. The van der Waals surface area contributed by atoms with Gasteiger partial charge in [-0.05, 0) is 31.7 Å². The second-order valence-corrected chi connectivity index (χ2v) is 8.04. The second-order valence-electron chi connectivity index (χ2n) is 8.04. The third kappa shape index (κ3) is 3.58. The molecular formula is C23H26N6O2. The van der Waals surface area contributed by atoms with E-state index in [2.05, 4.69) is 21.7 Å². The van der Waals surface area contributed by atoms with Crippen LogP contribution in [-0.2, 0) is 6.61 Å². The lowest BCUT2D eigenvalue weighted by molar-refractivity contribution is 0.271. The lowest BCUT2D eigenvalue weighted by Crippen LogP contribution is -2.46. The summed E-state index contributed by atoms with van der Waals surface area (Å²) in [4.78, 5) is 26.9. The van der Waals surface area contributed by atoms with Crippen LogP contribution in [0.15, 0.2) is 47.7 Å². The summed E-state index contributed by atoms with van der Waals surface area (Å²) in [5, 5.41) is 9.78. The van der Waals surface area contributed by atoms with Crippen molar-refractivity contribution in [2.75, 3.05) is 37.6 Å². The molecule has 4 aromatic heterocycles. The van der Waals surface area contributed by atoms with Gasteiger partial charge in [-0.3, -0.25) is 9.20 Å². The molecule has 5 heterocycles. The Hall–Kier alpha value is -3.23. The maximum Gasteiger partial charge on any atom is 0.258 e. The van der Waals surface area contributed by atoms with E-state index in [0.717, 1.165) is 49.7 Å². The number of hydrogen-bond acceptors (Lipinski definition) is 6. The van der Waals surface area contributed by atoms with Crippen molar-refractivity contribution in [3.63, 3.8) is 0 Å². The first kappa shape index (κ1) is 19.7. The van der Waals surface area contributed by atoms with Crippen molar-refractivity contribution in [3.05, 3.63) is 64.5 Å². The largest absolute Gasteiger partial charge is 0.392 e. The first-order chi connectivity index (χ1) is 15.1. The van der Waals surface area contributed by atoms with Gasteiger partial charge in [-0.15, -0.1) is 0 Å². The molecule has 0 spiro atoms. The van der Waals surface area contributed by atoms with Crippen LogP contribution in [0.4, 0.5) is 5.69 Å². The van der Waals surface area contributed by atoms with Crippen LogP contribution < -0.4 is 10.5 Å². The Kier molecular flexibility index (Phi) is 4.95. The van der Waals surface area contributed by atoms with Crippen molar-refractivity contribution in [1.29, 1.82) is 0 Å². The smallest absolute Gasteiger partial charge is 0.258 e. The van der Waals surface area contributed by atoms with Crippen LogP contribution in [0.5, 0.6) is 0 Å². The number of hydrogen-bond donors (Lipinski definition) is 1. The van der Waals surface area contributed by atoms with Crippen LogP contribution in [0, 0.1) is 6.92 Å². The van der Waals surface area contributed by atoms with Gasteiger partial charge in [0.1, 0.15) is 11.3 Å². The van der Waals surface area contributed by atoms with E-state index in [1.165, 1.54) is 0 Å². The fourth-order valence-corrected chi connectivity index (χ4v) is 4.30. The molecule has 8 heteroatoms. The minimum atomic E-state index is -0.130. The highest BCUT2D eigenvalue weighted by Gasteiger charge is 2.17. The van der Waals surface area contributed by atoms with Crippen LogP contribution in [0.3, 0.4) is 0 Å². The molecule has 1 N–H and O–H groups in total. The second kappa shape index (κ2) is 7.79. The van der Waals surface area contributed by atoms with Gasteiger partial charge in [-0.25, -0.2) is 9.97 Å². The molecule has 0 saturated carbocycles. The molecule has 0 bridgehead atoms. The molecule has 0 amide bonds. The van der Waals surface area contributed by atoms with Crippen molar-refractivity contribution in [3.8, 4) is 11.3 Å². The summed E-state index contributed by atoms with van der Waals surface area (Å²) in [5.41, 5.74) is 5.16. The number of pyridine rings is 2. The highest BCUT2D eigenvalue weighted by atomic mass is 16.3. The molecule has 0 atom stereocenters. The van der Waals surface area contributed by atoms with Crippen molar-refractivity contribution >= 4 is 17.0 Å². The van der Waals surface area contributed by atoms with E-state index in [1.807, 2.05) is 48.1 Å². The van der Waals surface area contributed by atoms with E-state index in [1.54, 1.807) is 10.5 Å². The monoisotopic (exact) mass is 418 g/mol. The first-order valence-electron chi connectivity index (χ1n) is 10.7. The molecule has 0 radical (unpaired) electrons. The molecule has 4 aromatic rings. The fraction of sp³-hybridized carbons (Fsp3) is 0.348. The van der Waals surface area contributed by atoms with E-state index in [0.29, 0.717) is 22.6 Å². The van der Waals surface area contributed by atoms with E-state index in [-0.39, 0.29) is 12.2 Å². The Morgan fingerprint density at radius 1 is 1.03 bits per heavy atom. The molecule has 8 nitrogen and oxygen atoms in total. The van der Waals surface area contributed by atoms with Gasteiger partial charge in [0, 0.05) is 62.0 Å². The number of anilines is 1. The summed E-state index contributed by atoms with van der Waals surface area (Å²) in [5.74, 6) is 0. The van der Waals surface area contributed by atoms with Crippen LogP contribution >= 0.6 is 0 Å². The zero-order valence-electron chi connectivity index (χ0n) is 17.8. The molecule has 160 valence electrons. The van der Waals surface area contributed by atoms with Crippen LogP contribution in [0.1, 0.15) is 18.2 Å². The Balaban J connectivity index is 1.53.